The molecule has 1 amide bonds. The van der Waals surface area contributed by atoms with E-state index < -0.39 is 0 Å². The van der Waals surface area contributed by atoms with E-state index in [1.807, 2.05) is 30.3 Å². The van der Waals surface area contributed by atoms with Gasteiger partial charge in [0.1, 0.15) is 11.6 Å². The van der Waals surface area contributed by atoms with Crippen molar-refractivity contribution < 1.29 is 9.53 Å². The molecule has 0 spiro atoms. The van der Waals surface area contributed by atoms with Crippen molar-refractivity contribution in [3.8, 4) is 5.75 Å². The van der Waals surface area contributed by atoms with E-state index in [1.165, 1.54) is 5.56 Å². The second-order valence-corrected chi connectivity index (χ2v) is 9.98. The molecule has 6 nitrogen and oxygen atoms in total. The Morgan fingerprint density at radius 3 is 2.69 bits per heavy atom. The van der Waals surface area contributed by atoms with E-state index in [0.29, 0.717) is 35.4 Å². The van der Waals surface area contributed by atoms with Gasteiger partial charge in [-0.2, -0.15) is 0 Å². The highest BCUT2D eigenvalue weighted by Gasteiger charge is 2.27. The van der Waals surface area contributed by atoms with Crippen molar-refractivity contribution in [3.05, 3.63) is 88.2 Å². The van der Waals surface area contributed by atoms with Gasteiger partial charge in [-0.15, -0.1) is 0 Å². The van der Waals surface area contributed by atoms with Crippen LogP contribution in [0.4, 0.5) is 5.69 Å². The zero-order valence-corrected chi connectivity index (χ0v) is 21.6. The zero-order chi connectivity index (χ0) is 25.1. The lowest BCUT2D eigenvalue weighted by atomic mass is 9.97. The Morgan fingerprint density at radius 2 is 1.89 bits per heavy atom. The highest BCUT2D eigenvalue weighted by molar-refractivity contribution is 6.35. The molecule has 1 aromatic heterocycles. The van der Waals surface area contributed by atoms with E-state index >= 15 is 0 Å². The summed E-state index contributed by atoms with van der Waals surface area (Å²) in [6.45, 7) is 2.97. The number of benzene rings is 3. The van der Waals surface area contributed by atoms with Crippen molar-refractivity contribution in [1.82, 2.24) is 14.5 Å². The van der Waals surface area contributed by atoms with Crippen molar-refractivity contribution in [2.75, 3.05) is 25.5 Å². The smallest absolute Gasteiger partial charge is 0.228 e. The lowest BCUT2D eigenvalue weighted by Gasteiger charge is -2.32. The molecule has 2 heterocycles. The summed E-state index contributed by atoms with van der Waals surface area (Å²) in [5, 5.41) is 3.98. The molecule has 5 rings (SSSR count). The van der Waals surface area contributed by atoms with Crippen LogP contribution in [0.3, 0.4) is 0 Å². The maximum absolute atomic E-state index is 13.1. The van der Waals surface area contributed by atoms with Crippen LogP contribution in [0.5, 0.6) is 5.75 Å². The van der Waals surface area contributed by atoms with E-state index in [9.17, 15) is 4.79 Å². The lowest BCUT2D eigenvalue weighted by molar-refractivity contribution is -0.121. The summed E-state index contributed by atoms with van der Waals surface area (Å²) in [4.78, 5) is 20.3. The fourth-order valence-electron chi connectivity index (χ4n) is 4.78. The molecule has 1 fully saturated rings. The van der Waals surface area contributed by atoms with Gasteiger partial charge >= 0.3 is 0 Å². The highest BCUT2D eigenvalue weighted by Crippen LogP contribution is 2.28. The number of carbonyl (C=O) groups excluding carboxylic acids is 1. The number of ether oxygens (including phenoxy) is 1. The monoisotopic (exact) mass is 522 g/mol. The number of hydrogen-bond acceptors (Lipinski definition) is 4. The van der Waals surface area contributed by atoms with E-state index in [0.717, 1.165) is 42.0 Å². The van der Waals surface area contributed by atoms with Crippen LogP contribution in [0.15, 0.2) is 66.7 Å². The Kier molecular flexibility index (Phi) is 7.46. The molecule has 36 heavy (non-hydrogen) atoms. The minimum atomic E-state index is -0.131. The van der Waals surface area contributed by atoms with Gasteiger partial charge in [-0.05, 0) is 67.4 Å². The predicted octanol–water partition coefficient (Wildman–Crippen LogP) is 6.25. The standard InChI is InChI=1S/C28H28Cl2N4O2/c1-36-22-11-8-19(9-12-22)16-34-26-7-3-2-6-24(26)31-27(34)18-33-14-4-5-20(17-33)28(35)32-25-15-21(29)10-13-23(25)30/h2-3,6-13,15,20H,4-5,14,16-18H2,1H3,(H,32,35)/t20-/m1/s1. The maximum Gasteiger partial charge on any atom is 0.228 e. The second-order valence-electron chi connectivity index (χ2n) is 9.14. The van der Waals surface area contributed by atoms with Gasteiger partial charge in [-0.3, -0.25) is 9.69 Å². The van der Waals surface area contributed by atoms with E-state index in [-0.39, 0.29) is 11.8 Å². The Morgan fingerprint density at radius 1 is 1.08 bits per heavy atom. The minimum absolute atomic E-state index is 0.0318. The Labute approximate surface area is 220 Å². The molecule has 1 N–H and O–H groups in total. The third-order valence-corrected chi connectivity index (χ3v) is 7.23. The SMILES string of the molecule is COc1ccc(Cn2c(CN3CCC[C@@H](C(=O)Nc4cc(Cl)ccc4Cl)C3)nc3ccccc32)cc1. The summed E-state index contributed by atoms with van der Waals surface area (Å²) in [5.74, 6) is 1.67. The molecule has 1 saturated heterocycles. The number of aromatic nitrogens is 2. The summed E-state index contributed by atoms with van der Waals surface area (Å²) in [6.07, 6.45) is 1.78. The van der Waals surface area contributed by atoms with Crippen LogP contribution in [0.25, 0.3) is 11.0 Å². The number of nitrogens with zero attached hydrogens (tertiary/aromatic N) is 3. The first-order chi connectivity index (χ1) is 17.5. The maximum atomic E-state index is 13.1. The summed E-state index contributed by atoms with van der Waals surface area (Å²) in [7, 11) is 1.67. The van der Waals surface area contributed by atoms with E-state index in [4.69, 9.17) is 32.9 Å². The molecule has 8 heteroatoms. The lowest BCUT2D eigenvalue weighted by Crippen LogP contribution is -2.40. The average Bonchev–Trinajstić information content (AvgIpc) is 3.23. The van der Waals surface area contributed by atoms with Crippen molar-refractivity contribution in [1.29, 1.82) is 0 Å². The number of halogens is 2. The number of nitrogens with one attached hydrogen (secondary N) is 1. The molecule has 0 radical (unpaired) electrons. The number of likely N-dealkylation sites (tertiary alicyclic amines) is 1. The quantitative estimate of drug-likeness (QED) is 0.311. The third-order valence-electron chi connectivity index (χ3n) is 6.66. The molecule has 3 aromatic carbocycles. The number of carbonyl (C=O) groups is 1. The van der Waals surface area contributed by atoms with Gasteiger partial charge in [0.05, 0.1) is 41.3 Å². The number of methoxy groups -OCH3 is 1. The Bertz CT molecular complexity index is 1370. The molecule has 1 aliphatic heterocycles. The van der Waals surface area contributed by atoms with Gasteiger partial charge in [0.2, 0.25) is 5.91 Å². The predicted molar refractivity (Wildman–Crippen MR) is 145 cm³/mol. The number of anilines is 1. The summed E-state index contributed by atoms with van der Waals surface area (Å²) < 4.78 is 7.58. The van der Waals surface area contributed by atoms with Crippen molar-refractivity contribution >= 4 is 45.8 Å². The van der Waals surface area contributed by atoms with Crippen molar-refractivity contribution in [3.63, 3.8) is 0 Å². The van der Waals surface area contributed by atoms with Gasteiger partial charge in [-0.25, -0.2) is 4.98 Å². The van der Waals surface area contributed by atoms with Crippen LogP contribution in [-0.4, -0.2) is 40.6 Å². The summed E-state index contributed by atoms with van der Waals surface area (Å²) in [5.41, 5.74) is 3.80. The van der Waals surface area contributed by atoms with Gasteiger partial charge in [-0.1, -0.05) is 47.5 Å². The topological polar surface area (TPSA) is 59.4 Å². The molecule has 1 atom stereocenters. The minimum Gasteiger partial charge on any atom is -0.497 e. The van der Waals surface area contributed by atoms with Crippen molar-refractivity contribution in [2.45, 2.75) is 25.9 Å². The molecule has 186 valence electrons. The van der Waals surface area contributed by atoms with Crippen molar-refractivity contribution in [2.24, 2.45) is 5.92 Å². The Hall–Kier alpha value is -3.06. The Balaban J connectivity index is 1.33. The van der Waals surface area contributed by atoms with Gasteiger partial charge in [0, 0.05) is 18.1 Å². The normalized spacial score (nSPS) is 16.2. The number of rotatable bonds is 7. The first-order valence-electron chi connectivity index (χ1n) is 12.1. The van der Waals surface area contributed by atoms with Crippen LogP contribution in [0.1, 0.15) is 24.2 Å². The number of hydrogen-bond donors (Lipinski definition) is 1. The fraction of sp³-hybridized carbons (Fsp3) is 0.286. The van der Waals surface area contributed by atoms with Gasteiger partial charge < -0.3 is 14.6 Å². The molecule has 0 saturated carbocycles. The first-order valence-corrected chi connectivity index (χ1v) is 12.8. The molecule has 0 unspecified atom stereocenters. The summed E-state index contributed by atoms with van der Waals surface area (Å²) >= 11 is 12.3. The van der Waals surface area contributed by atoms with E-state index in [2.05, 4.69) is 33.0 Å². The second kappa shape index (κ2) is 10.9. The van der Waals surface area contributed by atoms with Crippen LogP contribution < -0.4 is 10.1 Å². The van der Waals surface area contributed by atoms with Gasteiger partial charge in [0.25, 0.3) is 0 Å². The molecule has 1 aliphatic rings. The number of fused-ring (bicyclic) bond motifs is 1. The number of amides is 1. The molecular weight excluding hydrogens is 495 g/mol. The fourth-order valence-corrected chi connectivity index (χ4v) is 5.11. The van der Waals surface area contributed by atoms with Crippen LogP contribution in [-0.2, 0) is 17.9 Å². The average molecular weight is 523 g/mol. The third kappa shape index (κ3) is 5.51. The number of para-hydroxylation sites is 2. The number of piperidine rings is 1. The van der Waals surface area contributed by atoms with E-state index in [1.54, 1.807) is 25.3 Å². The van der Waals surface area contributed by atoms with Gasteiger partial charge in [0.15, 0.2) is 0 Å². The number of imidazole rings is 1. The molecular formula is C28H28Cl2N4O2. The molecule has 0 bridgehead atoms. The van der Waals surface area contributed by atoms with Crippen LogP contribution in [0, 0.1) is 5.92 Å². The highest BCUT2D eigenvalue weighted by atomic mass is 35.5. The van der Waals surface area contributed by atoms with Crippen LogP contribution in [0.2, 0.25) is 10.0 Å². The van der Waals surface area contributed by atoms with Crippen LogP contribution >= 0.6 is 23.2 Å². The largest absolute Gasteiger partial charge is 0.497 e. The molecule has 0 aliphatic carbocycles. The summed E-state index contributed by atoms with van der Waals surface area (Å²) in [6, 6.07) is 21.4. The molecule has 4 aromatic rings. The first kappa shape index (κ1) is 24.6. The zero-order valence-electron chi connectivity index (χ0n) is 20.1.